The molecule has 7 nitrogen and oxygen atoms in total. The highest BCUT2D eigenvalue weighted by molar-refractivity contribution is 5.56. The van der Waals surface area contributed by atoms with Gasteiger partial charge in [0.15, 0.2) is 0 Å². The van der Waals surface area contributed by atoms with Gasteiger partial charge in [0.2, 0.25) is 11.7 Å². The summed E-state index contributed by atoms with van der Waals surface area (Å²) < 4.78 is 10.8. The first-order chi connectivity index (χ1) is 11.7. The fourth-order valence-corrected chi connectivity index (χ4v) is 2.14. The highest BCUT2D eigenvalue weighted by Gasteiger charge is 2.11. The van der Waals surface area contributed by atoms with Gasteiger partial charge in [-0.1, -0.05) is 23.4 Å². The molecule has 1 heterocycles. The van der Waals surface area contributed by atoms with Crippen molar-refractivity contribution in [2.24, 2.45) is 0 Å². The summed E-state index contributed by atoms with van der Waals surface area (Å²) in [4.78, 5) is 14.5. The van der Waals surface area contributed by atoms with E-state index in [9.17, 15) is 10.1 Å². The highest BCUT2D eigenvalue weighted by atomic mass is 16.6. The first-order valence-corrected chi connectivity index (χ1v) is 7.47. The van der Waals surface area contributed by atoms with E-state index in [2.05, 4.69) is 10.1 Å². The van der Waals surface area contributed by atoms with Gasteiger partial charge in [-0.15, -0.1) is 0 Å². The monoisotopic (exact) mass is 325 g/mol. The van der Waals surface area contributed by atoms with Gasteiger partial charge in [-0.2, -0.15) is 4.98 Å². The Bertz CT molecular complexity index is 800. The summed E-state index contributed by atoms with van der Waals surface area (Å²) in [7, 11) is 0. The molecule has 1 aromatic heterocycles. The van der Waals surface area contributed by atoms with Crippen LogP contribution < -0.4 is 4.74 Å². The van der Waals surface area contributed by atoms with Gasteiger partial charge in [-0.3, -0.25) is 10.1 Å². The number of benzene rings is 2. The van der Waals surface area contributed by atoms with Crippen molar-refractivity contribution in [1.29, 1.82) is 0 Å². The molecule has 122 valence electrons. The van der Waals surface area contributed by atoms with E-state index in [1.165, 1.54) is 12.1 Å². The molecule has 0 aliphatic heterocycles. The van der Waals surface area contributed by atoms with Crippen LogP contribution in [-0.2, 0) is 6.42 Å². The number of aromatic nitrogens is 2. The molecule has 0 aliphatic carbocycles. The Balaban J connectivity index is 1.52. The van der Waals surface area contributed by atoms with Gasteiger partial charge in [0.05, 0.1) is 11.5 Å². The molecule has 2 aromatic carbocycles. The lowest BCUT2D eigenvalue weighted by molar-refractivity contribution is -0.384. The van der Waals surface area contributed by atoms with E-state index in [0.717, 1.165) is 12.2 Å². The van der Waals surface area contributed by atoms with Crippen molar-refractivity contribution in [2.75, 3.05) is 6.61 Å². The van der Waals surface area contributed by atoms with Crippen molar-refractivity contribution in [2.45, 2.75) is 12.8 Å². The molecule has 0 aliphatic rings. The fraction of sp³-hybridized carbons (Fsp3) is 0.176. The van der Waals surface area contributed by atoms with Crippen LogP contribution in [0.5, 0.6) is 5.75 Å². The van der Waals surface area contributed by atoms with E-state index in [-0.39, 0.29) is 5.69 Å². The average molecular weight is 325 g/mol. The van der Waals surface area contributed by atoms with Crippen molar-refractivity contribution in [3.63, 3.8) is 0 Å². The number of hydrogen-bond donors (Lipinski definition) is 0. The Morgan fingerprint density at radius 3 is 2.54 bits per heavy atom. The quantitative estimate of drug-likeness (QED) is 0.374. The highest BCUT2D eigenvalue weighted by Crippen LogP contribution is 2.20. The average Bonchev–Trinajstić information content (AvgIpc) is 3.09. The van der Waals surface area contributed by atoms with Gasteiger partial charge < -0.3 is 9.26 Å². The Labute approximate surface area is 138 Å². The van der Waals surface area contributed by atoms with Crippen molar-refractivity contribution < 1.29 is 14.2 Å². The zero-order chi connectivity index (χ0) is 16.8. The lowest BCUT2D eigenvalue weighted by Crippen LogP contribution is -1.99. The van der Waals surface area contributed by atoms with Crippen LogP contribution in [0.25, 0.3) is 11.4 Å². The molecule has 3 rings (SSSR count). The van der Waals surface area contributed by atoms with Crippen molar-refractivity contribution >= 4 is 5.69 Å². The van der Waals surface area contributed by atoms with Gasteiger partial charge >= 0.3 is 0 Å². The van der Waals surface area contributed by atoms with Crippen LogP contribution in [0, 0.1) is 10.1 Å². The molecule has 0 bridgehead atoms. The van der Waals surface area contributed by atoms with Crippen molar-refractivity contribution in [1.82, 2.24) is 10.1 Å². The minimum Gasteiger partial charge on any atom is -0.494 e. The summed E-state index contributed by atoms with van der Waals surface area (Å²) in [5.41, 5.74) is 0.705. The van der Waals surface area contributed by atoms with Crippen molar-refractivity contribution in [3.8, 4) is 17.1 Å². The van der Waals surface area contributed by atoms with Gasteiger partial charge in [-0.25, -0.2) is 0 Å². The normalized spacial score (nSPS) is 10.5. The predicted octanol–water partition coefficient (Wildman–Crippen LogP) is 3.66. The molecule has 3 aromatic rings. The number of non-ortho nitro benzene ring substituents is 1. The molecular formula is C17H15N3O4. The van der Waals surface area contributed by atoms with Crippen LogP contribution in [0.3, 0.4) is 0 Å². The van der Waals surface area contributed by atoms with Gasteiger partial charge in [-0.05, 0) is 30.7 Å². The molecule has 24 heavy (non-hydrogen) atoms. The number of ether oxygens (including phenoxy) is 1. The van der Waals surface area contributed by atoms with Crippen molar-refractivity contribution in [3.05, 3.63) is 70.6 Å². The number of nitro groups is 1. The van der Waals surface area contributed by atoms with Crippen LogP contribution in [0.15, 0.2) is 59.1 Å². The second-order valence-electron chi connectivity index (χ2n) is 5.08. The van der Waals surface area contributed by atoms with Crippen LogP contribution in [0.2, 0.25) is 0 Å². The standard InChI is InChI=1S/C17H15N3O4/c21-20(22)14-10-8-13(9-11-14)17-18-16(24-19-17)7-4-12-23-15-5-2-1-3-6-15/h1-3,5-6,8-11H,4,7,12H2. The maximum absolute atomic E-state index is 10.6. The van der Waals surface area contributed by atoms with Crippen LogP contribution in [0.4, 0.5) is 5.69 Å². The third-order valence-electron chi connectivity index (χ3n) is 3.35. The predicted molar refractivity (Wildman–Crippen MR) is 86.6 cm³/mol. The van der Waals surface area contributed by atoms with Crippen LogP contribution in [-0.4, -0.2) is 21.7 Å². The zero-order valence-electron chi connectivity index (χ0n) is 12.8. The van der Waals surface area contributed by atoms with Gasteiger partial charge in [0.1, 0.15) is 5.75 Å². The van der Waals surface area contributed by atoms with E-state index in [4.69, 9.17) is 9.26 Å². The molecule has 7 heteroatoms. The molecule has 0 unspecified atom stereocenters. The first-order valence-electron chi connectivity index (χ1n) is 7.47. The Hall–Kier alpha value is -3.22. The summed E-state index contributed by atoms with van der Waals surface area (Å²) >= 11 is 0. The minimum atomic E-state index is -0.446. The van der Waals surface area contributed by atoms with Gasteiger partial charge in [0.25, 0.3) is 5.69 Å². The topological polar surface area (TPSA) is 91.3 Å². The largest absolute Gasteiger partial charge is 0.494 e. The van der Waals surface area contributed by atoms with Gasteiger partial charge in [0, 0.05) is 24.1 Å². The van der Waals surface area contributed by atoms with E-state index in [1.54, 1.807) is 12.1 Å². The second kappa shape index (κ2) is 7.36. The minimum absolute atomic E-state index is 0.0283. The molecular weight excluding hydrogens is 310 g/mol. The molecule has 0 N–H and O–H groups in total. The number of nitrogens with zero attached hydrogens (tertiary/aromatic N) is 3. The summed E-state index contributed by atoms with van der Waals surface area (Å²) in [5.74, 6) is 1.76. The maximum Gasteiger partial charge on any atom is 0.269 e. The van der Waals surface area contributed by atoms with Crippen LogP contribution in [0.1, 0.15) is 12.3 Å². The number of aryl methyl sites for hydroxylation is 1. The maximum atomic E-state index is 10.6. The summed E-state index contributed by atoms with van der Waals surface area (Å²) in [5, 5.41) is 14.5. The molecule has 0 spiro atoms. The number of nitro benzene ring substituents is 1. The first kappa shape index (κ1) is 15.7. The summed E-state index contributed by atoms with van der Waals surface area (Å²) in [6.45, 7) is 0.555. The Kier molecular flexibility index (Phi) is 4.81. The smallest absolute Gasteiger partial charge is 0.269 e. The van der Waals surface area contributed by atoms with Crippen LogP contribution >= 0.6 is 0 Å². The molecule has 0 radical (unpaired) electrons. The van der Waals surface area contributed by atoms with E-state index >= 15 is 0 Å². The summed E-state index contributed by atoms with van der Waals surface area (Å²) in [6.07, 6.45) is 1.35. The zero-order valence-corrected chi connectivity index (χ0v) is 12.8. The third kappa shape index (κ3) is 3.95. The SMILES string of the molecule is O=[N+]([O-])c1ccc(-c2noc(CCCOc3ccccc3)n2)cc1. The molecule has 0 saturated heterocycles. The number of hydrogen-bond acceptors (Lipinski definition) is 6. The summed E-state index contributed by atoms with van der Waals surface area (Å²) in [6, 6.07) is 15.6. The molecule has 0 fully saturated rings. The van der Waals surface area contributed by atoms with E-state index < -0.39 is 4.92 Å². The van der Waals surface area contributed by atoms with E-state index in [0.29, 0.717) is 30.3 Å². The molecule has 0 amide bonds. The lowest BCUT2D eigenvalue weighted by atomic mass is 10.2. The lowest BCUT2D eigenvalue weighted by Gasteiger charge is -2.03. The number of rotatable bonds is 7. The molecule has 0 saturated carbocycles. The fourth-order valence-electron chi connectivity index (χ4n) is 2.14. The van der Waals surface area contributed by atoms with E-state index in [1.807, 2.05) is 30.3 Å². The third-order valence-corrected chi connectivity index (χ3v) is 3.35. The number of para-hydroxylation sites is 1. The Morgan fingerprint density at radius 1 is 1.08 bits per heavy atom. The second-order valence-corrected chi connectivity index (χ2v) is 5.08. The molecule has 0 atom stereocenters. The Morgan fingerprint density at radius 2 is 1.83 bits per heavy atom.